The van der Waals surface area contributed by atoms with Crippen molar-refractivity contribution in [3.05, 3.63) is 112 Å². The van der Waals surface area contributed by atoms with Crippen LogP contribution in [0.2, 0.25) is 0 Å². The second kappa shape index (κ2) is 13.5. The summed E-state index contributed by atoms with van der Waals surface area (Å²) in [7, 11) is -4.85. The van der Waals surface area contributed by atoms with Gasteiger partial charge in [0.2, 0.25) is 5.91 Å². The standard InChI is InChI=1S/C30H29N2O12P/c1-19-26-25(20(2)33)29(34)31(26)27(30(35)39-18-17-21-13-15-22(16-14-21)32(36)37)28(19)42-45(38,43-40-23-9-5-3-6-10-23)44-41-24-11-7-4-8-12-24/h3-16,19-20,25-26,33H,17-18H2,1-2H3/t19-,20-,25-,26+/m1/s1. The Morgan fingerprint density at radius 1 is 0.978 bits per heavy atom. The average Bonchev–Trinajstić information content (AvgIpc) is 3.27. The van der Waals surface area contributed by atoms with Crippen molar-refractivity contribution in [3.8, 4) is 11.5 Å². The van der Waals surface area contributed by atoms with Crippen LogP contribution in [0.25, 0.3) is 0 Å². The molecule has 15 heteroatoms. The highest BCUT2D eigenvalue weighted by Crippen LogP contribution is 2.57. The van der Waals surface area contributed by atoms with Crippen LogP contribution in [0.5, 0.6) is 11.5 Å². The van der Waals surface area contributed by atoms with Crippen molar-refractivity contribution in [3.63, 3.8) is 0 Å². The third kappa shape index (κ3) is 6.99. The van der Waals surface area contributed by atoms with E-state index in [1.54, 1.807) is 43.3 Å². The summed E-state index contributed by atoms with van der Waals surface area (Å²) in [6.07, 6.45) is -0.848. The van der Waals surface area contributed by atoms with E-state index in [-0.39, 0.29) is 41.7 Å². The molecule has 3 aromatic carbocycles. The van der Waals surface area contributed by atoms with Gasteiger partial charge in [0.1, 0.15) is 5.76 Å². The number of nitro benzene ring substituents is 1. The number of nitrogens with zero attached hydrogens (tertiary/aromatic N) is 2. The molecule has 1 saturated heterocycles. The number of carbonyl (C=O) groups is 2. The Hall–Kier alpha value is -4.75. The molecule has 45 heavy (non-hydrogen) atoms. The number of phosphoric acid groups is 1. The molecule has 0 aromatic heterocycles. The van der Waals surface area contributed by atoms with E-state index in [4.69, 9.17) is 28.4 Å². The number of amides is 1. The first-order valence-corrected chi connectivity index (χ1v) is 15.3. The first kappa shape index (κ1) is 31.7. The Morgan fingerprint density at radius 2 is 1.53 bits per heavy atom. The minimum Gasteiger partial charge on any atom is -0.461 e. The van der Waals surface area contributed by atoms with Gasteiger partial charge < -0.3 is 24.1 Å². The molecule has 0 spiro atoms. The number of aliphatic hydroxyl groups is 1. The fourth-order valence-electron chi connectivity index (χ4n) is 5.04. The van der Waals surface area contributed by atoms with Crippen LogP contribution in [-0.2, 0) is 39.2 Å². The van der Waals surface area contributed by atoms with Gasteiger partial charge in [0, 0.05) is 24.5 Å². The monoisotopic (exact) mass is 640 g/mol. The van der Waals surface area contributed by atoms with Crippen LogP contribution in [0.1, 0.15) is 19.4 Å². The van der Waals surface area contributed by atoms with E-state index in [0.717, 1.165) is 4.90 Å². The summed E-state index contributed by atoms with van der Waals surface area (Å²) in [5.41, 5.74) is 0.233. The predicted octanol–water partition coefficient (Wildman–Crippen LogP) is 4.90. The SMILES string of the molecule is C[C@@H](O)[C@H]1C(=O)N2C(C(=O)OCCc3ccc([N+](=O)[O-])cc3)=C(OP(=O)(OOc3ccccc3)OOc3ccccc3)[C@H](C)[C@@H]12. The number of ether oxygens (including phenoxy) is 1. The van der Waals surface area contributed by atoms with Crippen LogP contribution >= 0.6 is 7.82 Å². The third-order valence-corrected chi connectivity index (χ3v) is 8.15. The normalized spacial score (nSPS) is 19.8. The Bertz CT molecular complexity index is 1570. The van der Waals surface area contributed by atoms with E-state index >= 15 is 0 Å². The molecule has 2 aliphatic rings. The highest BCUT2D eigenvalue weighted by Gasteiger charge is 2.62. The fourth-order valence-corrected chi connectivity index (χ4v) is 5.97. The molecule has 5 rings (SSSR count). The van der Waals surface area contributed by atoms with Gasteiger partial charge in [-0.25, -0.2) is 9.36 Å². The molecule has 236 valence electrons. The smallest absolute Gasteiger partial charge is 0.461 e. The summed E-state index contributed by atoms with van der Waals surface area (Å²) in [5, 5.41) is 21.2. The van der Waals surface area contributed by atoms with Crippen molar-refractivity contribution in [2.24, 2.45) is 11.8 Å². The van der Waals surface area contributed by atoms with E-state index in [0.29, 0.717) is 5.56 Å². The lowest BCUT2D eigenvalue weighted by Crippen LogP contribution is -2.63. The topological polar surface area (TPSA) is 173 Å². The van der Waals surface area contributed by atoms with E-state index in [1.807, 2.05) is 0 Å². The molecule has 4 atom stereocenters. The zero-order chi connectivity index (χ0) is 32.1. The predicted molar refractivity (Wildman–Crippen MR) is 155 cm³/mol. The van der Waals surface area contributed by atoms with Gasteiger partial charge in [0.05, 0.1) is 29.6 Å². The maximum atomic E-state index is 13.9. The second-order valence-corrected chi connectivity index (χ2v) is 11.6. The summed E-state index contributed by atoms with van der Waals surface area (Å²) in [5.74, 6) is -3.12. The highest BCUT2D eigenvalue weighted by molar-refractivity contribution is 7.48. The number of hydrogen-bond donors (Lipinski definition) is 1. The lowest BCUT2D eigenvalue weighted by atomic mass is 9.79. The van der Waals surface area contributed by atoms with Crippen LogP contribution in [0.4, 0.5) is 5.69 Å². The molecule has 0 bridgehead atoms. The molecular formula is C30H29N2O12P. The molecular weight excluding hydrogens is 611 g/mol. The highest BCUT2D eigenvalue weighted by atomic mass is 31.2. The minimum atomic E-state index is -4.85. The second-order valence-electron chi connectivity index (χ2n) is 10.3. The van der Waals surface area contributed by atoms with Gasteiger partial charge in [-0.2, -0.15) is 0 Å². The molecule has 1 fully saturated rings. The van der Waals surface area contributed by atoms with Crippen molar-refractivity contribution < 1.29 is 52.6 Å². The van der Waals surface area contributed by atoms with Crippen molar-refractivity contribution in [2.75, 3.05) is 6.61 Å². The largest absolute Gasteiger partial charge is 0.603 e. The van der Waals surface area contributed by atoms with Crippen LogP contribution < -0.4 is 9.78 Å². The van der Waals surface area contributed by atoms with Crippen molar-refractivity contribution >= 4 is 25.4 Å². The Morgan fingerprint density at radius 3 is 2.04 bits per heavy atom. The van der Waals surface area contributed by atoms with Crippen molar-refractivity contribution in [2.45, 2.75) is 32.4 Å². The third-order valence-electron chi connectivity index (χ3n) is 7.22. The van der Waals surface area contributed by atoms with Crippen LogP contribution in [0.15, 0.2) is 96.4 Å². The maximum absolute atomic E-state index is 13.9. The zero-order valence-electron chi connectivity index (χ0n) is 24.1. The van der Waals surface area contributed by atoms with Gasteiger partial charge in [-0.1, -0.05) is 64.8 Å². The first-order chi connectivity index (χ1) is 21.6. The number of esters is 1. The van der Waals surface area contributed by atoms with Crippen molar-refractivity contribution in [1.29, 1.82) is 0 Å². The minimum absolute atomic E-state index is 0.0843. The molecule has 0 saturated carbocycles. The molecule has 1 amide bonds. The number of hydrogen-bond acceptors (Lipinski definition) is 12. The van der Waals surface area contributed by atoms with E-state index < -0.39 is 48.6 Å². The first-order valence-electron chi connectivity index (χ1n) is 13.9. The zero-order valence-corrected chi connectivity index (χ0v) is 25.0. The van der Waals surface area contributed by atoms with Gasteiger partial charge in [-0.05, 0) is 36.8 Å². The number of β-lactam (4-membered cyclic amide) rings is 1. The quantitative estimate of drug-likeness (QED) is 0.0632. The average molecular weight is 641 g/mol. The molecule has 3 aromatic rings. The van der Waals surface area contributed by atoms with Gasteiger partial charge in [-0.15, -0.1) is 0 Å². The van der Waals surface area contributed by atoms with Gasteiger partial charge in [0.15, 0.2) is 17.2 Å². The number of rotatable bonds is 14. The molecule has 0 radical (unpaired) electrons. The van der Waals surface area contributed by atoms with E-state index in [2.05, 4.69) is 0 Å². The number of fused-ring (bicyclic) bond motifs is 1. The molecule has 1 N–H and O–H groups in total. The number of para-hydroxylation sites is 2. The number of non-ortho nitro benzene ring substituents is 1. The van der Waals surface area contributed by atoms with Crippen LogP contribution in [-0.4, -0.2) is 45.6 Å². The van der Waals surface area contributed by atoms with Crippen LogP contribution in [0, 0.1) is 22.0 Å². The maximum Gasteiger partial charge on any atom is 0.603 e. The number of benzene rings is 3. The number of carbonyl (C=O) groups excluding carboxylic acids is 2. The van der Waals surface area contributed by atoms with Gasteiger partial charge in [0.25, 0.3) is 5.69 Å². The Kier molecular flexibility index (Phi) is 9.49. The van der Waals surface area contributed by atoms with Gasteiger partial charge in [-0.3, -0.25) is 19.8 Å². The summed E-state index contributed by atoms with van der Waals surface area (Å²) in [6.45, 7) is 2.91. The number of nitro groups is 1. The Balaban J connectivity index is 1.40. The fraction of sp³-hybridized carbons (Fsp3) is 0.267. The lowest BCUT2D eigenvalue weighted by molar-refractivity contribution is -0.384. The van der Waals surface area contributed by atoms with Crippen molar-refractivity contribution in [1.82, 2.24) is 4.90 Å². The molecule has 2 aliphatic heterocycles. The summed E-state index contributed by atoms with van der Waals surface area (Å²) < 4.78 is 35.4. The lowest BCUT2D eigenvalue weighted by Gasteiger charge is -2.46. The summed E-state index contributed by atoms with van der Waals surface area (Å²) in [6, 6.07) is 21.1. The summed E-state index contributed by atoms with van der Waals surface area (Å²) >= 11 is 0. The van der Waals surface area contributed by atoms with E-state index in [9.17, 15) is 29.4 Å². The number of aliphatic hydroxyl groups excluding tert-OH is 1. The van der Waals surface area contributed by atoms with Gasteiger partial charge >= 0.3 is 13.8 Å². The molecule has 14 nitrogen and oxygen atoms in total. The molecule has 0 unspecified atom stereocenters. The Labute approximate surface area is 257 Å². The summed E-state index contributed by atoms with van der Waals surface area (Å²) in [4.78, 5) is 48.5. The molecule has 2 heterocycles. The molecule has 0 aliphatic carbocycles. The van der Waals surface area contributed by atoms with E-state index in [1.165, 1.54) is 55.5 Å². The van der Waals surface area contributed by atoms with Crippen LogP contribution in [0.3, 0.4) is 0 Å².